The van der Waals surface area contributed by atoms with Crippen molar-refractivity contribution in [1.29, 1.82) is 0 Å². The Morgan fingerprint density at radius 3 is 2.11 bits per heavy atom. The van der Waals surface area contributed by atoms with Crippen molar-refractivity contribution in [2.45, 2.75) is 52.9 Å². The Hall–Kier alpha value is 0.592. The smallest absolute Gasteiger partial charge is 0.769 e. The van der Waals surface area contributed by atoms with E-state index in [1.54, 1.807) is 10.8 Å². The average molecular weight is 313 g/mol. The second kappa shape index (κ2) is 19.9. The zero-order chi connectivity index (χ0) is 14.1. The minimum Gasteiger partial charge on any atom is -0.769 e. The maximum Gasteiger partial charge on any atom is 0.840 e. The fraction of sp³-hybridized carbons (Fsp3) is 1.00. The number of hydrogen-bond donors (Lipinski definition) is 1. The van der Waals surface area contributed by atoms with Crippen LogP contribution in [-0.4, -0.2) is 33.7 Å². The molecule has 0 aliphatic rings. The number of rotatable bonds is 11. The fourth-order valence-corrected chi connectivity index (χ4v) is 2.10. The molecule has 7 heteroatoms. The minimum atomic E-state index is -2.75. The number of thiol groups is 1. The molecule has 0 rings (SSSR count). The van der Waals surface area contributed by atoms with Crippen molar-refractivity contribution in [3.05, 3.63) is 0 Å². The van der Waals surface area contributed by atoms with E-state index in [-0.39, 0.29) is 0 Å². The molecule has 0 aromatic heterocycles. The Balaban J connectivity index is 0. The Labute approximate surface area is 125 Å². The van der Waals surface area contributed by atoms with Crippen molar-refractivity contribution in [2.24, 2.45) is 0 Å². The third-order valence-corrected chi connectivity index (χ3v) is 3.71. The highest BCUT2D eigenvalue weighted by atomic mass is 33.1. The van der Waals surface area contributed by atoms with E-state index in [1.165, 1.54) is 12.2 Å². The largest absolute Gasteiger partial charge is 0.840 e. The Morgan fingerprint density at radius 2 is 1.67 bits per heavy atom. The van der Waals surface area contributed by atoms with Crippen LogP contribution in [0.2, 0.25) is 0 Å². The molecule has 0 radical (unpaired) electrons. The lowest BCUT2D eigenvalue weighted by Gasteiger charge is -2.16. The standard InChI is InChI=1S/C4H10O2.C4H9O.C3H8S2.Al.O/c1-2-3-4-6-5;1-2-3-4-5;1-2-3-5-4;;/h5H,2-4H2,1H3;2-4H2,1H3;4H,2-3H2,1H3;;/q;-1;;+1;/p-1. The summed E-state index contributed by atoms with van der Waals surface area (Å²) in [6.45, 7) is 7.22. The van der Waals surface area contributed by atoms with Gasteiger partial charge in [-0.1, -0.05) is 44.4 Å². The second-order valence-corrected chi connectivity index (χ2v) is 6.16. The van der Waals surface area contributed by atoms with E-state index in [0.717, 1.165) is 25.7 Å². The van der Waals surface area contributed by atoms with E-state index in [1.807, 2.05) is 13.8 Å². The van der Waals surface area contributed by atoms with Crippen LogP contribution in [0.1, 0.15) is 52.9 Å². The van der Waals surface area contributed by atoms with Gasteiger partial charge in [-0.2, -0.15) is 0 Å². The molecule has 0 aromatic rings. The fourth-order valence-electron chi connectivity index (χ4n) is 0.750. The van der Waals surface area contributed by atoms with E-state index >= 15 is 0 Å². The van der Waals surface area contributed by atoms with Crippen molar-refractivity contribution >= 4 is 37.2 Å². The lowest BCUT2D eigenvalue weighted by Crippen LogP contribution is -2.14. The van der Waals surface area contributed by atoms with Gasteiger partial charge in [-0.3, -0.25) is 4.89 Å². The molecule has 0 saturated heterocycles. The molecule has 0 bridgehead atoms. The Bertz CT molecular complexity index is 171. The molecule has 0 spiro atoms. The summed E-state index contributed by atoms with van der Waals surface area (Å²) in [6.07, 6.45) is 5.11. The topological polar surface area (TPSA) is 44.8 Å². The van der Waals surface area contributed by atoms with Gasteiger partial charge in [0.05, 0.1) is 6.61 Å². The maximum absolute atomic E-state index is 10.9. The van der Waals surface area contributed by atoms with Gasteiger partial charge in [0.25, 0.3) is 0 Å². The zero-order valence-corrected chi connectivity index (χ0v) is 14.6. The van der Waals surface area contributed by atoms with Crippen LogP contribution in [0.5, 0.6) is 0 Å². The van der Waals surface area contributed by atoms with Crippen molar-refractivity contribution in [2.75, 3.05) is 19.0 Å². The predicted molar refractivity (Wildman–Crippen MR) is 81.0 cm³/mol. The highest BCUT2D eigenvalue weighted by Crippen LogP contribution is 2.04. The van der Waals surface area contributed by atoms with Crippen molar-refractivity contribution in [1.82, 2.24) is 0 Å². The first-order valence-electron chi connectivity index (χ1n) is 6.54. The normalized spacial score (nSPS) is 9.33. The van der Waals surface area contributed by atoms with Crippen LogP contribution >= 0.6 is 22.5 Å². The molecular formula is C11H26AlO4S2-. The van der Waals surface area contributed by atoms with E-state index in [4.69, 9.17) is 8.68 Å². The van der Waals surface area contributed by atoms with Gasteiger partial charge in [0, 0.05) is 12.4 Å². The van der Waals surface area contributed by atoms with E-state index in [2.05, 4.69) is 22.5 Å². The lowest BCUT2D eigenvalue weighted by atomic mass is 10.4. The molecule has 0 saturated carbocycles. The van der Waals surface area contributed by atoms with E-state index in [0.29, 0.717) is 13.2 Å². The molecule has 0 heterocycles. The lowest BCUT2D eigenvalue weighted by molar-refractivity contribution is -0.229. The average Bonchev–Trinajstić information content (AvgIpc) is 2.37. The molecule has 0 aromatic carbocycles. The highest BCUT2D eigenvalue weighted by molar-refractivity contribution is 8.68. The number of unbranched alkanes of at least 4 members (excludes halogenated alkanes) is 2. The molecule has 110 valence electrons. The molecule has 0 fully saturated rings. The molecule has 0 amide bonds. The third-order valence-electron chi connectivity index (χ3n) is 1.78. The van der Waals surface area contributed by atoms with Gasteiger partial charge in [0.15, 0.2) is 0 Å². The summed E-state index contributed by atoms with van der Waals surface area (Å²) in [7, 11) is 1.60. The third kappa shape index (κ3) is 21.8. The van der Waals surface area contributed by atoms with Gasteiger partial charge < -0.3 is 11.5 Å². The SMILES string of the molecule is CCCCO[O][Al-](=[O])[O]CCCC.CCCSS. The summed E-state index contributed by atoms with van der Waals surface area (Å²) in [6, 6.07) is 0. The summed E-state index contributed by atoms with van der Waals surface area (Å²) in [5, 5.41) is 0. The first-order valence-corrected chi connectivity index (χ1v) is 10.00. The van der Waals surface area contributed by atoms with E-state index in [9.17, 15) is 3.80 Å². The zero-order valence-electron chi connectivity index (χ0n) is 11.7. The van der Waals surface area contributed by atoms with Gasteiger partial charge >= 0.3 is 14.8 Å². The van der Waals surface area contributed by atoms with Crippen molar-refractivity contribution in [3.8, 4) is 0 Å². The van der Waals surface area contributed by atoms with E-state index < -0.39 is 14.8 Å². The predicted octanol–water partition coefficient (Wildman–Crippen LogP) is 3.94. The summed E-state index contributed by atoms with van der Waals surface area (Å²) in [5.41, 5.74) is 0. The molecular weight excluding hydrogens is 287 g/mol. The quantitative estimate of drug-likeness (QED) is 0.156. The van der Waals surface area contributed by atoms with Gasteiger partial charge in [-0.25, -0.2) is 0 Å². The molecule has 0 aliphatic carbocycles. The van der Waals surface area contributed by atoms with Crippen molar-refractivity contribution in [3.63, 3.8) is 0 Å². The first-order chi connectivity index (χ1) is 8.72. The monoisotopic (exact) mass is 313 g/mol. The molecule has 0 atom stereocenters. The van der Waals surface area contributed by atoms with Crippen LogP contribution in [-0.2, 0) is 16.4 Å². The molecule has 18 heavy (non-hydrogen) atoms. The maximum atomic E-state index is 10.9. The molecule has 0 N–H and O–H groups in total. The van der Waals surface area contributed by atoms with Crippen LogP contribution in [0.3, 0.4) is 0 Å². The second-order valence-electron chi connectivity index (χ2n) is 3.62. The molecule has 0 unspecified atom stereocenters. The molecule has 4 nitrogen and oxygen atoms in total. The summed E-state index contributed by atoms with van der Waals surface area (Å²) in [5.74, 6) is 1.17. The Kier molecular flexibility index (Phi) is 23.1. The van der Waals surface area contributed by atoms with Gasteiger partial charge in [0.1, 0.15) is 0 Å². The van der Waals surface area contributed by atoms with Crippen LogP contribution in [0.15, 0.2) is 0 Å². The van der Waals surface area contributed by atoms with Crippen LogP contribution in [0.4, 0.5) is 0 Å². The summed E-state index contributed by atoms with van der Waals surface area (Å²) < 4.78 is 20.4. The van der Waals surface area contributed by atoms with Crippen LogP contribution in [0.25, 0.3) is 0 Å². The number of hydrogen-bond acceptors (Lipinski definition) is 6. The van der Waals surface area contributed by atoms with Gasteiger partial charge in [-0.05, 0) is 19.3 Å². The van der Waals surface area contributed by atoms with Gasteiger partial charge in [0.2, 0.25) is 0 Å². The van der Waals surface area contributed by atoms with Gasteiger partial charge in [-0.15, -0.1) is 11.7 Å². The summed E-state index contributed by atoms with van der Waals surface area (Å²) in [4.78, 5) is 4.69. The van der Waals surface area contributed by atoms with Crippen LogP contribution < -0.4 is 0 Å². The summed E-state index contributed by atoms with van der Waals surface area (Å²) >= 11 is 1.17. The minimum absolute atomic E-state index is 0.485. The van der Waals surface area contributed by atoms with Crippen molar-refractivity contribution < 1.29 is 16.4 Å². The first kappa shape index (κ1) is 20.9. The highest BCUT2D eigenvalue weighted by Gasteiger charge is 2.03. The van der Waals surface area contributed by atoms with Crippen LogP contribution in [0, 0.1) is 0 Å². The molecule has 0 aliphatic heterocycles. The Morgan fingerprint density at radius 1 is 1.06 bits per heavy atom.